The third-order valence-electron chi connectivity index (χ3n) is 3.71. The van der Waals surface area contributed by atoms with Crippen LogP contribution in [0.15, 0.2) is 24.3 Å². The average Bonchev–Trinajstić information content (AvgIpc) is 2.74. The molecule has 0 aromatic heterocycles. The fourth-order valence-corrected chi connectivity index (χ4v) is 2.91. The molecule has 0 amide bonds. The van der Waals surface area contributed by atoms with Gasteiger partial charge in [-0.1, -0.05) is 24.3 Å². The summed E-state index contributed by atoms with van der Waals surface area (Å²) in [5.41, 5.74) is 3.03. The highest BCUT2D eigenvalue weighted by Gasteiger charge is 2.29. The van der Waals surface area contributed by atoms with Crippen LogP contribution in [0.25, 0.3) is 0 Å². The number of hydrogen-bond acceptors (Lipinski definition) is 2. The zero-order valence-corrected chi connectivity index (χ0v) is 9.00. The molecule has 2 heterocycles. The largest absolute Gasteiger partial charge is 0.316 e. The lowest BCUT2D eigenvalue weighted by Gasteiger charge is -2.28. The van der Waals surface area contributed by atoms with Gasteiger partial charge in [-0.3, -0.25) is 0 Å². The van der Waals surface area contributed by atoms with Crippen molar-refractivity contribution in [2.75, 3.05) is 13.1 Å². The molecule has 2 nitrogen and oxygen atoms in total. The Labute approximate surface area is 91.1 Å². The Morgan fingerprint density at radius 3 is 3.00 bits per heavy atom. The Hall–Kier alpha value is -0.860. The first kappa shape index (κ1) is 9.37. The van der Waals surface area contributed by atoms with Gasteiger partial charge >= 0.3 is 0 Å². The standard InChI is InChI=1S/C13H18N2/c1-2-6-12-10(4-1)9-15-13(12)11-5-3-7-14-8-11/h1-2,4,6,11,13-15H,3,5,7-9H2. The second-order valence-electron chi connectivity index (χ2n) is 4.66. The summed E-state index contributed by atoms with van der Waals surface area (Å²) in [6.07, 6.45) is 2.68. The van der Waals surface area contributed by atoms with Crippen LogP contribution in [0.3, 0.4) is 0 Å². The molecule has 2 aliphatic rings. The van der Waals surface area contributed by atoms with Crippen LogP contribution in [-0.4, -0.2) is 13.1 Å². The summed E-state index contributed by atoms with van der Waals surface area (Å²) in [5, 5.41) is 7.15. The highest BCUT2D eigenvalue weighted by molar-refractivity contribution is 5.34. The maximum Gasteiger partial charge on any atom is 0.0366 e. The van der Waals surface area contributed by atoms with Crippen molar-refractivity contribution in [2.24, 2.45) is 5.92 Å². The summed E-state index contributed by atoms with van der Waals surface area (Å²) in [6.45, 7) is 3.42. The van der Waals surface area contributed by atoms with Crippen molar-refractivity contribution >= 4 is 0 Å². The molecule has 0 saturated carbocycles. The number of hydrogen-bond donors (Lipinski definition) is 2. The number of fused-ring (bicyclic) bond motifs is 1. The molecule has 2 N–H and O–H groups in total. The normalized spacial score (nSPS) is 30.1. The third-order valence-corrected chi connectivity index (χ3v) is 3.71. The number of nitrogens with one attached hydrogen (secondary N) is 2. The van der Waals surface area contributed by atoms with Crippen molar-refractivity contribution in [1.82, 2.24) is 10.6 Å². The topological polar surface area (TPSA) is 24.1 Å². The van der Waals surface area contributed by atoms with Crippen LogP contribution in [0.1, 0.15) is 30.0 Å². The van der Waals surface area contributed by atoms with Crippen molar-refractivity contribution in [2.45, 2.75) is 25.4 Å². The maximum absolute atomic E-state index is 3.65. The van der Waals surface area contributed by atoms with Crippen LogP contribution in [0.5, 0.6) is 0 Å². The van der Waals surface area contributed by atoms with E-state index >= 15 is 0 Å². The van der Waals surface area contributed by atoms with Crippen molar-refractivity contribution in [3.05, 3.63) is 35.4 Å². The van der Waals surface area contributed by atoms with Crippen LogP contribution in [0.4, 0.5) is 0 Å². The molecular formula is C13H18N2. The van der Waals surface area contributed by atoms with Crippen LogP contribution < -0.4 is 10.6 Å². The Bertz CT molecular complexity index is 342. The van der Waals surface area contributed by atoms with Gasteiger partial charge in [-0.2, -0.15) is 0 Å². The third kappa shape index (κ3) is 1.68. The molecule has 1 aromatic rings. The molecule has 0 radical (unpaired) electrons. The zero-order valence-electron chi connectivity index (χ0n) is 9.00. The van der Waals surface area contributed by atoms with Gasteiger partial charge in [0.25, 0.3) is 0 Å². The molecule has 1 fully saturated rings. The zero-order chi connectivity index (χ0) is 10.1. The second kappa shape index (κ2) is 3.95. The molecule has 2 unspecified atom stereocenters. The molecule has 2 aliphatic heterocycles. The smallest absolute Gasteiger partial charge is 0.0366 e. The van der Waals surface area contributed by atoms with Crippen molar-refractivity contribution in [1.29, 1.82) is 0 Å². The van der Waals surface area contributed by atoms with Crippen LogP contribution in [-0.2, 0) is 6.54 Å². The summed E-state index contributed by atoms with van der Waals surface area (Å²) < 4.78 is 0. The molecule has 15 heavy (non-hydrogen) atoms. The Kier molecular flexibility index (Phi) is 2.47. The van der Waals surface area contributed by atoms with E-state index in [2.05, 4.69) is 34.9 Å². The van der Waals surface area contributed by atoms with Crippen molar-refractivity contribution in [3.63, 3.8) is 0 Å². The first-order valence-corrected chi connectivity index (χ1v) is 5.97. The van der Waals surface area contributed by atoms with Crippen LogP contribution in [0, 0.1) is 5.92 Å². The molecule has 3 rings (SSSR count). The van der Waals surface area contributed by atoms with Gasteiger partial charge in [-0.05, 0) is 43.0 Å². The summed E-state index contributed by atoms with van der Waals surface area (Å²) in [5.74, 6) is 0.780. The molecule has 0 bridgehead atoms. The lowest BCUT2D eigenvalue weighted by atomic mass is 9.88. The van der Waals surface area contributed by atoms with Gasteiger partial charge in [0, 0.05) is 12.6 Å². The second-order valence-corrected chi connectivity index (χ2v) is 4.66. The highest BCUT2D eigenvalue weighted by Crippen LogP contribution is 2.33. The predicted octanol–water partition coefficient (Wildman–Crippen LogP) is 1.83. The minimum atomic E-state index is 0.592. The van der Waals surface area contributed by atoms with E-state index in [-0.39, 0.29) is 0 Å². The van der Waals surface area contributed by atoms with E-state index in [9.17, 15) is 0 Å². The average molecular weight is 202 g/mol. The molecule has 0 aliphatic carbocycles. The van der Waals surface area contributed by atoms with E-state index in [4.69, 9.17) is 0 Å². The first-order valence-electron chi connectivity index (χ1n) is 5.97. The number of rotatable bonds is 1. The number of benzene rings is 1. The maximum atomic E-state index is 3.65. The van der Waals surface area contributed by atoms with Gasteiger partial charge in [-0.15, -0.1) is 0 Å². The fraction of sp³-hybridized carbons (Fsp3) is 0.538. The lowest BCUT2D eigenvalue weighted by Crippen LogP contribution is -2.36. The van der Waals surface area contributed by atoms with E-state index < -0.39 is 0 Å². The molecule has 1 aromatic carbocycles. The van der Waals surface area contributed by atoms with Gasteiger partial charge in [0.15, 0.2) is 0 Å². The number of piperidine rings is 1. The highest BCUT2D eigenvalue weighted by atomic mass is 15.0. The van der Waals surface area contributed by atoms with Gasteiger partial charge in [0.2, 0.25) is 0 Å². The Morgan fingerprint density at radius 1 is 1.20 bits per heavy atom. The molecular weight excluding hydrogens is 184 g/mol. The van der Waals surface area contributed by atoms with E-state index in [1.807, 2.05) is 0 Å². The summed E-state index contributed by atoms with van der Waals surface area (Å²) >= 11 is 0. The Morgan fingerprint density at radius 2 is 2.13 bits per heavy atom. The monoisotopic (exact) mass is 202 g/mol. The van der Waals surface area contributed by atoms with Crippen molar-refractivity contribution < 1.29 is 0 Å². The van der Waals surface area contributed by atoms with Gasteiger partial charge in [0.1, 0.15) is 0 Å². The fourth-order valence-electron chi connectivity index (χ4n) is 2.91. The van der Waals surface area contributed by atoms with Crippen LogP contribution >= 0.6 is 0 Å². The minimum Gasteiger partial charge on any atom is -0.316 e. The quantitative estimate of drug-likeness (QED) is 0.726. The first-order chi connectivity index (χ1) is 7.45. The minimum absolute atomic E-state index is 0.592. The lowest BCUT2D eigenvalue weighted by molar-refractivity contribution is 0.299. The van der Waals surface area contributed by atoms with Gasteiger partial charge < -0.3 is 10.6 Å². The summed E-state index contributed by atoms with van der Waals surface area (Å²) in [6, 6.07) is 9.43. The van der Waals surface area contributed by atoms with E-state index in [1.165, 1.54) is 37.1 Å². The van der Waals surface area contributed by atoms with E-state index in [0.717, 1.165) is 12.5 Å². The molecule has 80 valence electrons. The van der Waals surface area contributed by atoms with Crippen molar-refractivity contribution in [3.8, 4) is 0 Å². The Balaban J connectivity index is 1.83. The van der Waals surface area contributed by atoms with Gasteiger partial charge in [0.05, 0.1) is 0 Å². The SMILES string of the molecule is c1ccc2c(c1)CNC2C1CCCNC1. The molecule has 0 spiro atoms. The molecule has 2 heteroatoms. The summed E-state index contributed by atoms with van der Waals surface area (Å²) in [4.78, 5) is 0. The predicted molar refractivity (Wildman–Crippen MR) is 61.6 cm³/mol. The molecule has 2 atom stereocenters. The van der Waals surface area contributed by atoms with Crippen LogP contribution in [0.2, 0.25) is 0 Å². The van der Waals surface area contributed by atoms with Gasteiger partial charge in [-0.25, -0.2) is 0 Å². The van der Waals surface area contributed by atoms with E-state index in [1.54, 1.807) is 0 Å². The van der Waals surface area contributed by atoms with E-state index in [0.29, 0.717) is 6.04 Å². The molecule has 1 saturated heterocycles. The summed E-state index contributed by atoms with van der Waals surface area (Å²) in [7, 11) is 0.